The largest absolute Gasteiger partial charge is 0.310 e. The van der Waals surface area contributed by atoms with Gasteiger partial charge in [0.25, 0.3) is 0 Å². The third kappa shape index (κ3) is 11.0. The third-order valence-electron chi connectivity index (χ3n) is 26.3. The highest BCUT2D eigenvalue weighted by Crippen LogP contribution is 2.61. The lowest BCUT2D eigenvalue weighted by molar-refractivity contribution is 0.353. The van der Waals surface area contributed by atoms with Gasteiger partial charge in [-0.05, 0) is 241 Å². The summed E-state index contributed by atoms with van der Waals surface area (Å²) >= 11 is 0. The normalized spacial score (nSPS) is 14.3. The second-order valence-corrected chi connectivity index (χ2v) is 32.2. The number of fused-ring (bicyclic) bond motifs is 16. The minimum absolute atomic E-state index is 0.0224. The van der Waals surface area contributed by atoms with Gasteiger partial charge in [-0.25, -0.2) is 0 Å². The van der Waals surface area contributed by atoms with Crippen LogP contribution in [0.15, 0.2) is 388 Å². The van der Waals surface area contributed by atoms with Crippen LogP contribution >= 0.6 is 0 Å². The van der Waals surface area contributed by atoms with E-state index in [9.17, 15) is 0 Å². The van der Waals surface area contributed by atoms with Crippen LogP contribution in [0.2, 0.25) is 0 Å². The van der Waals surface area contributed by atoms with E-state index in [0.717, 1.165) is 70.8 Å². The lowest BCUT2D eigenvalue weighted by Gasteiger charge is -2.37. The average molecular weight is 1460 g/mol. The van der Waals surface area contributed by atoms with Gasteiger partial charge in [-0.3, -0.25) is 0 Å². The number of hydrogen-bond donors (Lipinski definition) is 0. The molecule has 0 bridgehead atoms. The average Bonchev–Trinajstić information content (AvgIpc) is 1.60. The molecule has 0 saturated heterocycles. The van der Waals surface area contributed by atoms with Crippen molar-refractivity contribution in [3.8, 4) is 100 Å². The van der Waals surface area contributed by atoms with Crippen molar-refractivity contribution in [1.29, 1.82) is 0 Å². The van der Waals surface area contributed by atoms with Crippen LogP contribution < -0.4 is 9.80 Å². The second kappa shape index (κ2) is 27.8. The molecule has 4 aliphatic carbocycles. The standard InChI is InChI=1S/C112H84N2/c1-5-31-75(32-6-1)85-36-11-13-39-90(85)93-42-15-17-44-95(93)101-48-23-26-52-108(101)113(83-58-62-99-97-46-21-24-50-104(97)111(106(99)73-83)65-27-3-28-66-111)82-57-61-89-81(70-82)54-53-80-69-77(55-60-88(80)89)78-56-64-109(103(71-78)96-45-18-16-43-94(96)91-40-14-12-37-86(91)76-33-7-2-8-34-76)114(110-72-79-35-9-10-38-87(79)92-41-19-20-49-102(92)110)84-59-63-100-98-47-22-25-51-105(98)112(107(100)74-84)67-29-4-30-68-112/h1-2,5-26,31-64,69-74H,3-4,27-30,65-68H2. The van der Waals surface area contributed by atoms with E-state index in [-0.39, 0.29) is 10.8 Å². The van der Waals surface area contributed by atoms with Crippen molar-refractivity contribution < 1.29 is 0 Å². The Morgan fingerprint density at radius 3 is 1.10 bits per heavy atom. The molecule has 18 aromatic rings. The van der Waals surface area contributed by atoms with Crippen LogP contribution in [0.1, 0.15) is 86.5 Å². The van der Waals surface area contributed by atoms with Crippen molar-refractivity contribution in [3.05, 3.63) is 411 Å². The zero-order valence-electron chi connectivity index (χ0n) is 63.9. The molecule has 0 unspecified atom stereocenters. The Kier molecular flexibility index (Phi) is 16.5. The van der Waals surface area contributed by atoms with Gasteiger partial charge in [-0.15, -0.1) is 0 Å². The van der Waals surface area contributed by atoms with E-state index in [2.05, 4.69) is 398 Å². The molecule has 0 aliphatic heterocycles. The van der Waals surface area contributed by atoms with Crippen LogP contribution in [-0.4, -0.2) is 0 Å². The van der Waals surface area contributed by atoms with Crippen LogP contribution in [0.4, 0.5) is 34.1 Å². The van der Waals surface area contributed by atoms with Crippen LogP contribution in [-0.2, 0) is 10.8 Å². The fourth-order valence-electron chi connectivity index (χ4n) is 21.1. The van der Waals surface area contributed by atoms with Crippen molar-refractivity contribution in [3.63, 3.8) is 0 Å². The zero-order valence-corrected chi connectivity index (χ0v) is 63.9. The van der Waals surface area contributed by atoms with Crippen molar-refractivity contribution in [2.24, 2.45) is 0 Å². The topological polar surface area (TPSA) is 6.48 Å². The predicted octanol–water partition coefficient (Wildman–Crippen LogP) is 31.4. The van der Waals surface area contributed by atoms with Gasteiger partial charge in [-0.2, -0.15) is 0 Å². The van der Waals surface area contributed by atoms with E-state index < -0.39 is 0 Å². The molecule has 0 amide bonds. The van der Waals surface area contributed by atoms with Crippen LogP contribution in [0.25, 0.3) is 143 Å². The van der Waals surface area contributed by atoms with Gasteiger partial charge >= 0.3 is 0 Å². The fraction of sp³-hybridized carbons (Fsp3) is 0.107. The van der Waals surface area contributed by atoms with Crippen LogP contribution in [0, 0.1) is 0 Å². The monoisotopic (exact) mass is 1460 g/mol. The maximum absolute atomic E-state index is 2.63. The van der Waals surface area contributed by atoms with Gasteiger partial charge in [0, 0.05) is 44.4 Å². The van der Waals surface area contributed by atoms with Gasteiger partial charge in [0.05, 0.1) is 17.1 Å². The summed E-state index contributed by atoms with van der Waals surface area (Å²) in [5.41, 5.74) is 34.8. The van der Waals surface area contributed by atoms with E-state index in [1.165, 1.54) is 193 Å². The lowest BCUT2D eigenvalue weighted by atomic mass is 9.68. The first-order chi connectivity index (χ1) is 56.5. The molecule has 0 N–H and O–H groups in total. The van der Waals surface area contributed by atoms with Crippen LogP contribution in [0.5, 0.6) is 0 Å². The molecule has 0 atom stereocenters. The quantitative estimate of drug-likeness (QED) is 0.106. The van der Waals surface area contributed by atoms with Gasteiger partial charge in [0.1, 0.15) is 0 Å². The van der Waals surface area contributed by atoms with Crippen molar-refractivity contribution in [1.82, 2.24) is 0 Å². The van der Waals surface area contributed by atoms with Gasteiger partial charge in [-0.1, -0.05) is 360 Å². The highest BCUT2D eigenvalue weighted by atomic mass is 15.2. The molecule has 0 aromatic heterocycles. The lowest BCUT2D eigenvalue weighted by Crippen LogP contribution is -2.28. The first-order valence-corrected chi connectivity index (χ1v) is 41.2. The van der Waals surface area contributed by atoms with E-state index in [1.54, 1.807) is 0 Å². The summed E-state index contributed by atoms with van der Waals surface area (Å²) in [6.45, 7) is 0. The summed E-state index contributed by atoms with van der Waals surface area (Å²) in [4.78, 5) is 5.21. The summed E-state index contributed by atoms with van der Waals surface area (Å²) in [5.74, 6) is 0. The summed E-state index contributed by atoms with van der Waals surface area (Å²) in [7, 11) is 0. The number of para-hydroxylation sites is 1. The maximum atomic E-state index is 2.63. The van der Waals surface area contributed by atoms with E-state index in [1.807, 2.05) is 0 Å². The Hall–Kier alpha value is -13.4. The Morgan fingerprint density at radius 2 is 0.526 bits per heavy atom. The van der Waals surface area contributed by atoms with Crippen molar-refractivity contribution in [2.45, 2.75) is 75.0 Å². The number of benzene rings is 18. The number of nitrogens with zero attached hydrogens (tertiary/aromatic N) is 2. The molecule has 542 valence electrons. The molecule has 2 saturated carbocycles. The molecule has 2 fully saturated rings. The maximum Gasteiger partial charge on any atom is 0.0546 e. The molecule has 2 nitrogen and oxygen atoms in total. The van der Waals surface area contributed by atoms with Crippen molar-refractivity contribution >= 4 is 77.2 Å². The molecular weight excluding hydrogens is 1370 g/mol. The Balaban J connectivity index is 0.719. The van der Waals surface area contributed by atoms with Crippen LogP contribution in [0.3, 0.4) is 0 Å². The highest BCUT2D eigenvalue weighted by molar-refractivity contribution is 6.16. The Labute approximate surface area is 668 Å². The fourth-order valence-corrected chi connectivity index (χ4v) is 21.1. The molecule has 4 aliphatic rings. The smallest absolute Gasteiger partial charge is 0.0546 e. The molecular formula is C112H84N2. The summed E-state index contributed by atoms with van der Waals surface area (Å²) in [6, 6.07) is 148. The number of anilines is 6. The van der Waals surface area contributed by atoms with Gasteiger partial charge in [0.2, 0.25) is 0 Å². The molecule has 0 radical (unpaired) electrons. The summed E-state index contributed by atoms with van der Waals surface area (Å²) in [5, 5.41) is 9.74. The molecule has 114 heavy (non-hydrogen) atoms. The molecule has 2 heteroatoms. The van der Waals surface area contributed by atoms with Crippen molar-refractivity contribution in [2.75, 3.05) is 9.80 Å². The van der Waals surface area contributed by atoms with E-state index in [0.29, 0.717) is 0 Å². The number of rotatable bonds is 13. The summed E-state index contributed by atoms with van der Waals surface area (Å²) in [6.07, 6.45) is 12.1. The second-order valence-electron chi connectivity index (χ2n) is 32.2. The SMILES string of the molecule is c1ccc(-c2ccccc2-c2ccccc2-c2ccccc2N(c2ccc3c(c2)C2(CCCCC2)c2ccccc2-3)c2ccc3c(ccc4cc(-c5ccc(N(c6ccc7c(c6)C6(CCCCC6)c6ccccc6-7)c6cc7ccccc7c7ccccc67)c(-c6ccccc6-c6ccccc6-c6ccccc6)c5)ccc43)c2)cc1. The molecule has 18 aromatic carbocycles. The first-order valence-electron chi connectivity index (χ1n) is 41.2. The molecule has 22 rings (SSSR count). The zero-order chi connectivity index (χ0) is 75.3. The van der Waals surface area contributed by atoms with Gasteiger partial charge < -0.3 is 9.80 Å². The molecule has 0 heterocycles. The predicted molar refractivity (Wildman–Crippen MR) is 482 cm³/mol. The van der Waals surface area contributed by atoms with E-state index >= 15 is 0 Å². The Morgan fingerprint density at radius 1 is 0.167 bits per heavy atom. The minimum Gasteiger partial charge on any atom is -0.310 e. The first kappa shape index (κ1) is 67.5. The van der Waals surface area contributed by atoms with Gasteiger partial charge in [0.15, 0.2) is 0 Å². The minimum atomic E-state index is -0.0479. The van der Waals surface area contributed by atoms with E-state index in [4.69, 9.17) is 0 Å². The Bertz CT molecular complexity index is 6830. The highest BCUT2D eigenvalue weighted by Gasteiger charge is 2.46. The summed E-state index contributed by atoms with van der Waals surface area (Å²) < 4.78 is 0. The number of hydrogen-bond acceptors (Lipinski definition) is 2. The third-order valence-corrected chi connectivity index (χ3v) is 26.3. The molecule has 2 spiro atoms.